The summed E-state index contributed by atoms with van der Waals surface area (Å²) < 4.78 is 38.0. The van der Waals surface area contributed by atoms with Crippen LogP contribution in [0.25, 0.3) is 0 Å². The summed E-state index contributed by atoms with van der Waals surface area (Å²) in [5.74, 6) is -0.396. The number of rotatable bonds is 7. The number of hydrogen-bond acceptors (Lipinski definition) is 5. The molecule has 0 unspecified atom stereocenters. The molecule has 2 rings (SSSR count). The summed E-state index contributed by atoms with van der Waals surface area (Å²) in [5.41, 5.74) is -0.858. The van der Waals surface area contributed by atoms with E-state index in [4.69, 9.17) is 5.11 Å². The summed E-state index contributed by atoms with van der Waals surface area (Å²) in [4.78, 5) is 22.0. The first kappa shape index (κ1) is 20.2. The number of nitrogens with zero attached hydrogens (tertiary/aromatic N) is 1. The predicted octanol–water partition coefficient (Wildman–Crippen LogP) is 3.55. The Kier molecular flexibility index (Phi) is 6.35. The fourth-order valence-electron chi connectivity index (χ4n) is 2.29. The Balaban J connectivity index is 1.97. The van der Waals surface area contributed by atoms with Crippen LogP contribution in [0.2, 0.25) is 0 Å². The number of carbonyl (C=O) groups is 1. The minimum absolute atomic E-state index is 0.0161. The van der Waals surface area contributed by atoms with Crippen LogP contribution in [-0.4, -0.2) is 22.5 Å². The maximum Gasteiger partial charge on any atom is 0.416 e. The zero-order chi connectivity index (χ0) is 20.0. The van der Waals surface area contributed by atoms with Gasteiger partial charge in [-0.25, -0.2) is 0 Å². The van der Waals surface area contributed by atoms with E-state index in [0.29, 0.717) is 17.3 Å². The molecule has 0 heterocycles. The van der Waals surface area contributed by atoms with Gasteiger partial charge in [-0.15, -0.1) is 0 Å². The van der Waals surface area contributed by atoms with Crippen molar-refractivity contribution in [3.05, 3.63) is 63.7 Å². The second-order valence-electron chi connectivity index (χ2n) is 5.57. The van der Waals surface area contributed by atoms with Crippen molar-refractivity contribution in [1.82, 2.24) is 0 Å². The average molecular weight is 383 g/mol. The van der Waals surface area contributed by atoms with Crippen molar-refractivity contribution < 1.29 is 28.0 Å². The Morgan fingerprint density at radius 3 is 2.56 bits per heavy atom. The van der Waals surface area contributed by atoms with Gasteiger partial charge in [0.1, 0.15) is 5.69 Å². The fourth-order valence-corrected chi connectivity index (χ4v) is 2.29. The normalized spacial score (nSPS) is 11.1. The van der Waals surface area contributed by atoms with Crippen LogP contribution < -0.4 is 10.6 Å². The molecule has 0 radical (unpaired) electrons. The fraction of sp³-hybridized carbons (Fsp3) is 0.235. The Bertz CT molecular complexity index is 840. The topological polar surface area (TPSA) is 104 Å². The van der Waals surface area contributed by atoms with Gasteiger partial charge in [0.2, 0.25) is 5.91 Å². The highest BCUT2D eigenvalue weighted by Crippen LogP contribution is 2.34. The minimum Gasteiger partial charge on any atom is -0.392 e. The highest BCUT2D eigenvalue weighted by molar-refractivity contribution is 5.91. The van der Waals surface area contributed by atoms with Crippen LogP contribution in [0.15, 0.2) is 42.5 Å². The molecule has 0 saturated heterocycles. The number of aliphatic hydroxyl groups is 1. The molecule has 0 spiro atoms. The average Bonchev–Trinajstić information content (AvgIpc) is 2.61. The molecule has 0 atom stereocenters. The molecule has 3 N–H and O–H groups in total. The van der Waals surface area contributed by atoms with E-state index in [9.17, 15) is 28.1 Å². The molecule has 10 heteroatoms. The monoisotopic (exact) mass is 383 g/mol. The van der Waals surface area contributed by atoms with Crippen LogP contribution in [0.3, 0.4) is 0 Å². The number of benzene rings is 2. The summed E-state index contributed by atoms with van der Waals surface area (Å²) >= 11 is 0. The highest BCUT2D eigenvalue weighted by atomic mass is 19.4. The number of aliphatic hydroxyl groups excluding tert-OH is 1. The van der Waals surface area contributed by atoms with E-state index >= 15 is 0 Å². The molecule has 0 fully saturated rings. The van der Waals surface area contributed by atoms with Crippen LogP contribution in [0.4, 0.5) is 30.2 Å². The Hall–Kier alpha value is -3.14. The van der Waals surface area contributed by atoms with E-state index in [-0.39, 0.29) is 25.3 Å². The molecule has 7 nitrogen and oxygen atoms in total. The SMILES string of the molecule is O=C(CCNc1ccc(C(F)(F)F)cc1[N+](=O)[O-])Nc1cccc(CO)c1. The van der Waals surface area contributed by atoms with Crippen molar-refractivity contribution in [2.45, 2.75) is 19.2 Å². The number of alkyl halides is 3. The lowest BCUT2D eigenvalue weighted by Gasteiger charge is -2.11. The molecule has 0 aliphatic carbocycles. The molecular formula is C17H16F3N3O4. The highest BCUT2D eigenvalue weighted by Gasteiger charge is 2.33. The van der Waals surface area contributed by atoms with E-state index in [2.05, 4.69) is 10.6 Å². The van der Waals surface area contributed by atoms with E-state index in [1.165, 1.54) is 0 Å². The third kappa shape index (κ3) is 5.68. The predicted molar refractivity (Wildman–Crippen MR) is 92.2 cm³/mol. The smallest absolute Gasteiger partial charge is 0.392 e. The van der Waals surface area contributed by atoms with Crippen molar-refractivity contribution in [3.8, 4) is 0 Å². The maximum atomic E-state index is 12.7. The molecule has 27 heavy (non-hydrogen) atoms. The first-order chi connectivity index (χ1) is 12.7. The summed E-state index contributed by atoms with van der Waals surface area (Å²) in [6.07, 6.45) is -4.76. The number of anilines is 2. The van der Waals surface area contributed by atoms with Gasteiger partial charge in [-0.05, 0) is 29.8 Å². The van der Waals surface area contributed by atoms with Crippen LogP contribution in [-0.2, 0) is 17.6 Å². The van der Waals surface area contributed by atoms with Gasteiger partial charge >= 0.3 is 6.18 Å². The number of nitrogens with one attached hydrogen (secondary N) is 2. The van der Waals surface area contributed by atoms with Gasteiger partial charge in [0.15, 0.2) is 0 Å². The van der Waals surface area contributed by atoms with Gasteiger partial charge in [-0.2, -0.15) is 13.2 Å². The Labute approximate surface area is 152 Å². The molecule has 2 aromatic carbocycles. The van der Waals surface area contributed by atoms with Gasteiger partial charge in [0.25, 0.3) is 5.69 Å². The lowest BCUT2D eigenvalue weighted by Crippen LogP contribution is -2.17. The summed E-state index contributed by atoms with van der Waals surface area (Å²) in [6.45, 7) is -0.194. The molecule has 1 amide bonds. The van der Waals surface area contributed by atoms with Crippen LogP contribution in [0.5, 0.6) is 0 Å². The van der Waals surface area contributed by atoms with Crippen molar-refractivity contribution in [2.75, 3.05) is 17.2 Å². The molecule has 144 valence electrons. The molecule has 0 aliphatic rings. The van der Waals surface area contributed by atoms with Crippen molar-refractivity contribution in [3.63, 3.8) is 0 Å². The zero-order valence-corrected chi connectivity index (χ0v) is 13.9. The first-order valence-electron chi connectivity index (χ1n) is 7.80. The molecule has 0 saturated carbocycles. The Morgan fingerprint density at radius 1 is 1.19 bits per heavy atom. The van der Waals surface area contributed by atoms with E-state index in [1.807, 2.05) is 0 Å². The third-order valence-corrected chi connectivity index (χ3v) is 3.58. The minimum atomic E-state index is -4.69. The van der Waals surface area contributed by atoms with Gasteiger partial charge in [0.05, 0.1) is 17.1 Å². The van der Waals surface area contributed by atoms with Crippen LogP contribution in [0.1, 0.15) is 17.5 Å². The number of carbonyl (C=O) groups excluding carboxylic acids is 1. The van der Waals surface area contributed by atoms with Gasteiger partial charge in [-0.1, -0.05) is 12.1 Å². The van der Waals surface area contributed by atoms with Gasteiger partial charge in [-0.3, -0.25) is 14.9 Å². The zero-order valence-electron chi connectivity index (χ0n) is 13.9. The van der Waals surface area contributed by atoms with Crippen LogP contribution >= 0.6 is 0 Å². The number of nitro benzene ring substituents is 1. The summed E-state index contributed by atoms with van der Waals surface area (Å²) in [5, 5.41) is 25.3. The number of halogens is 3. The molecular weight excluding hydrogens is 367 g/mol. The molecule has 0 bridgehead atoms. The second kappa shape index (κ2) is 8.49. The largest absolute Gasteiger partial charge is 0.416 e. The second-order valence-corrected chi connectivity index (χ2v) is 5.57. The van der Waals surface area contributed by atoms with E-state index in [1.54, 1.807) is 24.3 Å². The molecule has 0 aliphatic heterocycles. The summed E-state index contributed by atoms with van der Waals surface area (Å²) in [7, 11) is 0. The first-order valence-corrected chi connectivity index (χ1v) is 7.80. The lowest BCUT2D eigenvalue weighted by atomic mass is 10.1. The van der Waals surface area contributed by atoms with Crippen molar-refractivity contribution >= 4 is 23.0 Å². The number of hydrogen-bond donors (Lipinski definition) is 3. The van der Waals surface area contributed by atoms with Crippen molar-refractivity contribution in [1.29, 1.82) is 0 Å². The molecule has 0 aromatic heterocycles. The van der Waals surface area contributed by atoms with E-state index in [0.717, 1.165) is 12.1 Å². The molecule has 2 aromatic rings. The number of nitro groups is 1. The number of amides is 1. The van der Waals surface area contributed by atoms with Gasteiger partial charge in [0, 0.05) is 24.7 Å². The lowest BCUT2D eigenvalue weighted by molar-refractivity contribution is -0.384. The van der Waals surface area contributed by atoms with Gasteiger partial charge < -0.3 is 15.7 Å². The quantitative estimate of drug-likeness (QED) is 0.501. The standard InChI is InChI=1S/C17H16F3N3O4/c18-17(19,20)12-4-5-14(15(9-12)23(26)27)21-7-6-16(25)22-13-3-1-2-11(8-13)10-24/h1-5,8-9,21,24H,6-7,10H2,(H,22,25). The summed E-state index contributed by atoms with van der Waals surface area (Å²) in [6, 6.07) is 8.70. The van der Waals surface area contributed by atoms with Crippen LogP contribution in [0, 0.1) is 10.1 Å². The third-order valence-electron chi connectivity index (χ3n) is 3.58. The Morgan fingerprint density at radius 2 is 1.93 bits per heavy atom. The van der Waals surface area contributed by atoms with Crippen molar-refractivity contribution in [2.24, 2.45) is 0 Å². The van der Waals surface area contributed by atoms with E-state index < -0.39 is 28.3 Å². The maximum absolute atomic E-state index is 12.7.